The molecule has 0 bridgehead atoms. The number of alkyl carbamates (subject to hydrolysis) is 2. The molecule has 3 saturated heterocycles. The second kappa shape index (κ2) is 19.3. The summed E-state index contributed by atoms with van der Waals surface area (Å²) in [6, 6.07) is 13.0. The summed E-state index contributed by atoms with van der Waals surface area (Å²) in [5.74, 6) is 2.90. The number of nitrogens with one attached hydrogen (secondary N) is 4. The molecule has 0 radical (unpaired) electrons. The van der Waals surface area contributed by atoms with Crippen LogP contribution in [0.4, 0.5) is 9.59 Å². The first kappa shape index (κ1) is 46.6. The highest BCUT2D eigenvalue weighted by molar-refractivity contribution is 6.07. The first-order valence-corrected chi connectivity index (χ1v) is 25.2. The van der Waals surface area contributed by atoms with Crippen molar-refractivity contribution in [3.8, 4) is 28.1 Å². The van der Waals surface area contributed by atoms with Gasteiger partial charge in [0.05, 0.1) is 49.2 Å². The van der Waals surface area contributed by atoms with Gasteiger partial charge in [0.15, 0.2) is 0 Å². The molecule has 0 spiro atoms. The minimum Gasteiger partial charge on any atom is -0.488 e. The third-order valence-corrected chi connectivity index (χ3v) is 16.2. The smallest absolute Gasteiger partial charge is 0.407 e. The maximum Gasteiger partial charge on any atom is 0.407 e. The minimum atomic E-state index is -0.721. The number of imidazole rings is 2. The van der Waals surface area contributed by atoms with Gasteiger partial charge in [0.1, 0.15) is 36.1 Å². The molecule has 16 heteroatoms. The Bertz CT molecular complexity index is 2750. The van der Waals surface area contributed by atoms with Gasteiger partial charge in [0.2, 0.25) is 11.8 Å². The van der Waals surface area contributed by atoms with Crippen LogP contribution in [0.25, 0.3) is 44.2 Å². The number of hydrogen-bond acceptors (Lipinski definition) is 10. The monoisotopic (exact) mass is 943 g/mol. The summed E-state index contributed by atoms with van der Waals surface area (Å²) < 4.78 is 22.1. The van der Waals surface area contributed by atoms with E-state index >= 15 is 0 Å². The van der Waals surface area contributed by atoms with Crippen molar-refractivity contribution in [3.05, 3.63) is 65.9 Å². The molecule has 5 aromatic rings. The third kappa shape index (κ3) is 8.67. The zero-order valence-electron chi connectivity index (χ0n) is 40.6. The number of carbonyl (C=O) groups excluding carboxylic acids is 4. The topological polar surface area (TPSA) is 193 Å². The summed E-state index contributed by atoms with van der Waals surface area (Å²) in [6.45, 7) is 9.91. The Morgan fingerprint density at radius 2 is 1.64 bits per heavy atom. The van der Waals surface area contributed by atoms with Crippen molar-refractivity contribution in [3.63, 3.8) is 0 Å². The number of aromatic nitrogens is 4. The highest BCUT2D eigenvalue weighted by atomic mass is 16.5. The van der Waals surface area contributed by atoms with Crippen LogP contribution in [0, 0.1) is 23.7 Å². The maximum absolute atomic E-state index is 14.6. The fourth-order valence-corrected chi connectivity index (χ4v) is 12.3. The molecular formula is C53H66N8O8. The van der Waals surface area contributed by atoms with Crippen LogP contribution >= 0.6 is 0 Å². The largest absolute Gasteiger partial charge is 0.488 e. The number of likely N-dealkylation sites (tertiary alicyclic amines) is 2. The van der Waals surface area contributed by atoms with Gasteiger partial charge in [-0.2, -0.15) is 0 Å². The van der Waals surface area contributed by atoms with E-state index in [-0.39, 0.29) is 47.8 Å². The van der Waals surface area contributed by atoms with E-state index in [0.717, 1.165) is 119 Å². The van der Waals surface area contributed by atoms with E-state index in [9.17, 15) is 19.2 Å². The van der Waals surface area contributed by atoms with Crippen molar-refractivity contribution in [1.82, 2.24) is 40.4 Å². The highest BCUT2D eigenvalue weighted by Crippen LogP contribution is 2.49. The average Bonchev–Trinajstić information content (AvgIpc) is 4.21. The molecular weight excluding hydrogens is 877 g/mol. The van der Waals surface area contributed by atoms with Crippen molar-refractivity contribution in [2.24, 2.45) is 23.7 Å². The van der Waals surface area contributed by atoms with E-state index in [1.165, 1.54) is 14.2 Å². The van der Waals surface area contributed by atoms with Gasteiger partial charge in [-0.1, -0.05) is 52.3 Å². The Balaban J connectivity index is 0.916. The summed E-state index contributed by atoms with van der Waals surface area (Å²) in [7, 11) is 2.65. The Morgan fingerprint density at radius 3 is 2.41 bits per heavy atom. The minimum absolute atomic E-state index is 0.0119. The lowest BCUT2D eigenvalue weighted by Gasteiger charge is -2.38. The average molecular weight is 943 g/mol. The molecule has 4 aliphatic heterocycles. The quantitative estimate of drug-likeness (QED) is 0.0993. The predicted molar refractivity (Wildman–Crippen MR) is 260 cm³/mol. The van der Waals surface area contributed by atoms with Gasteiger partial charge in [-0.05, 0) is 128 Å². The van der Waals surface area contributed by atoms with E-state index in [1.54, 1.807) is 0 Å². The molecule has 4 fully saturated rings. The molecule has 1 aliphatic carbocycles. The number of amides is 4. The molecule has 1 saturated carbocycles. The molecule has 0 unspecified atom stereocenters. The van der Waals surface area contributed by atoms with E-state index in [1.807, 2.05) is 29.8 Å². The van der Waals surface area contributed by atoms with Gasteiger partial charge in [-0.3, -0.25) is 9.59 Å². The normalized spacial score (nSPS) is 24.7. The molecule has 10 rings (SSSR count). The lowest BCUT2D eigenvalue weighted by atomic mass is 9.79. The summed E-state index contributed by atoms with van der Waals surface area (Å²) >= 11 is 0. The molecule has 69 heavy (non-hydrogen) atoms. The molecule has 5 aliphatic rings. The first-order valence-electron chi connectivity index (χ1n) is 25.2. The lowest BCUT2D eigenvalue weighted by molar-refractivity contribution is -0.139. The van der Waals surface area contributed by atoms with Gasteiger partial charge >= 0.3 is 12.2 Å². The van der Waals surface area contributed by atoms with Crippen LogP contribution in [-0.4, -0.2) is 105 Å². The molecule has 2 aromatic heterocycles. The zero-order valence-corrected chi connectivity index (χ0v) is 40.6. The van der Waals surface area contributed by atoms with Gasteiger partial charge in [-0.25, -0.2) is 19.6 Å². The fraction of sp³-hybridized carbons (Fsp3) is 0.547. The van der Waals surface area contributed by atoms with Crippen LogP contribution in [-0.2, 0) is 30.4 Å². The number of rotatable bonds is 11. The molecule has 9 atom stereocenters. The summed E-state index contributed by atoms with van der Waals surface area (Å²) in [6.07, 6.45) is 8.99. The standard InChI is InChI=1S/C53H66N8O8/c1-7-29(4)45(58-52(64)66-5)50(62)61-41-15-9-28(3)21-33(41)24-43(61)48-54-26-40(56-48)32-10-13-36-34(22-32)27-69-44-25-37-31(23-38(36)44)11-14-39-47(37)57-49(55-39)42-16-12-35(8-2)60(42)51(63)46(59-53(65)67-6)30-17-19-68-20-18-30/h10-11,13-14,22-23,25-26,28-30,33,35,41-43,45-46H,7-9,12,15-21,24,27H2,1-6H3,(H,54,56)(H,55,57)(H,58,64)(H,59,65)/t28-,29-,33-,35-,41-,42-,43-,45-,46-/m0/s1. The number of ether oxygens (including phenoxy) is 4. The van der Waals surface area contributed by atoms with Crippen LogP contribution < -0.4 is 15.4 Å². The lowest BCUT2D eigenvalue weighted by Crippen LogP contribution is -2.54. The number of methoxy groups -OCH3 is 2. The number of H-pyrrole nitrogens is 2. The van der Waals surface area contributed by atoms with Crippen molar-refractivity contribution >= 4 is 45.8 Å². The van der Waals surface area contributed by atoms with Crippen LogP contribution in [0.3, 0.4) is 0 Å². The number of benzene rings is 3. The molecule has 366 valence electrons. The van der Waals surface area contributed by atoms with Crippen LogP contribution in [0.5, 0.6) is 5.75 Å². The first-order chi connectivity index (χ1) is 33.5. The Labute approximate surface area is 403 Å². The van der Waals surface area contributed by atoms with Crippen molar-refractivity contribution < 1.29 is 38.1 Å². The van der Waals surface area contributed by atoms with Crippen molar-refractivity contribution in [2.75, 3.05) is 27.4 Å². The molecule has 4 amide bonds. The van der Waals surface area contributed by atoms with E-state index in [4.69, 9.17) is 28.9 Å². The number of carbonyl (C=O) groups is 4. The molecule has 6 heterocycles. The van der Waals surface area contributed by atoms with Gasteiger partial charge in [-0.15, -0.1) is 0 Å². The zero-order chi connectivity index (χ0) is 48.1. The van der Waals surface area contributed by atoms with Gasteiger partial charge in [0, 0.05) is 36.2 Å². The molecule has 16 nitrogen and oxygen atoms in total. The van der Waals surface area contributed by atoms with Gasteiger partial charge < -0.3 is 49.3 Å². The van der Waals surface area contributed by atoms with Gasteiger partial charge in [0.25, 0.3) is 0 Å². The fourth-order valence-electron chi connectivity index (χ4n) is 12.3. The summed E-state index contributed by atoms with van der Waals surface area (Å²) in [5, 5.41) is 7.73. The van der Waals surface area contributed by atoms with E-state index in [2.05, 4.69) is 76.9 Å². The highest BCUT2D eigenvalue weighted by Gasteiger charge is 2.50. The Kier molecular flexibility index (Phi) is 13.0. The van der Waals surface area contributed by atoms with Crippen LogP contribution in [0.2, 0.25) is 0 Å². The second-order valence-corrected chi connectivity index (χ2v) is 20.2. The van der Waals surface area contributed by atoms with Crippen molar-refractivity contribution in [1.29, 1.82) is 0 Å². The number of fused-ring (bicyclic) bond motifs is 7. The Hall–Kier alpha value is -6.16. The third-order valence-electron chi connectivity index (χ3n) is 16.2. The van der Waals surface area contributed by atoms with Crippen LogP contribution in [0.15, 0.2) is 48.7 Å². The molecule has 3 aromatic carbocycles. The maximum atomic E-state index is 14.6. The number of nitrogens with zero attached hydrogens (tertiary/aromatic N) is 4. The summed E-state index contributed by atoms with van der Waals surface area (Å²) in [5.41, 5.74) is 6.68. The predicted octanol–water partition coefficient (Wildman–Crippen LogP) is 9.11. The van der Waals surface area contributed by atoms with Crippen LogP contribution in [0.1, 0.15) is 121 Å². The number of hydrogen-bond donors (Lipinski definition) is 4. The Morgan fingerprint density at radius 1 is 0.841 bits per heavy atom. The van der Waals surface area contributed by atoms with E-state index < -0.39 is 24.3 Å². The van der Waals surface area contributed by atoms with E-state index in [0.29, 0.717) is 44.5 Å². The number of aromatic amines is 2. The molecule has 4 N–H and O–H groups in total. The van der Waals surface area contributed by atoms with Crippen molar-refractivity contribution in [2.45, 2.75) is 135 Å². The second-order valence-electron chi connectivity index (χ2n) is 20.2. The summed E-state index contributed by atoms with van der Waals surface area (Å²) in [4.78, 5) is 75.6. The SMILES string of the molecule is CC[C@H]1CC[C@@H](c2nc3c(ccc4cc5c(cc43)OCc3cc(-c4cnc([C@@H]6C[C@@H]7C[C@@H](C)CC[C@@H]7N6C(=O)[C@@H](NC(=O)OC)[C@@H](C)CC)[nH]4)ccc3-5)[nH]2)N1C(=O)[C@@H](NC(=O)OC)C1CCOCC1.